The molecule has 4 aromatic rings. The van der Waals surface area contributed by atoms with Gasteiger partial charge in [-0.05, 0) is 35.9 Å². The number of halogens is 2. The lowest BCUT2D eigenvalue weighted by molar-refractivity contribution is 0.400. The Labute approximate surface area is 180 Å². The Kier molecular flexibility index (Phi) is 5.22. The van der Waals surface area contributed by atoms with Crippen LogP contribution in [0.5, 0.6) is 5.88 Å². The Morgan fingerprint density at radius 3 is 2.59 bits per heavy atom. The average molecular weight is 459 g/mol. The van der Waals surface area contributed by atoms with Gasteiger partial charge in [0.25, 0.3) is 15.6 Å². The molecule has 0 saturated carbocycles. The van der Waals surface area contributed by atoms with Crippen LogP contribution in [0.2, 0.25) is 0 Å². The fourth-order valence-electron chi connectivity index (χ4n) is 3.08. The summed E-state index contributed by atoms with van der Waals surface area (Å²) in [6.45, 7) is 0. The van der Waals surface area contributed by atoms with Crippen LogP contribution in [0.1, 0.15) is 0 Å². The van der Waals surface area contributed by atoms with Gasteiger partial charge in [0.1, 0.15) is 22.2 Å². The lowest BCUT2D eigenvalue weighted by Crippen LogP contribution is -2.16. The molecule has 2 heterocycles. The molecule has 0 saturated heterocycles. The molecule has 0 aliphatic carbocycles. The second-order valence-corrected chi connectivity index (χ2v) is 8.29. The first-order chi connectivity index (χ1) is 15.2. The molecule has 2 aromatic heterocycles. The van der Waals surface area contributed by atoms with Crippen molar-refractivity contribution in [1.29, 1.82) is 0 Å². The van der Waals surface area contributed by atoms with Crippen LogP contribution < -0.4 is 20.8 Å². The van der Waals surface area contributed by atoms with E-state index in [9.17, 15) is 22.0 Å². The van der Waals surface area contributed by atoms with Crippen LogP contribution in [0.3, 0.4) is 0 Å². The van der Waals surface area contributed by atoms with Crippen molar-refractivity contribution in [2.24, 2.45) is 0 Å². The number of ether oxygens (including phenoxy) is 1. The lowest BCUT2D eigenvalue weighted by Gasteiger charge is -2.13. The highest BCUT2D eigenvalue weighted by atomic mass is 32.2. The number of benzene rings is 2. The molecular weight excluding hydrogens is 444 g/mol. The number of nitrogens with one attached hydrogen (secondary N) is 2. The van der Waals surface area contributed by atoms with E-state index in [-0.39, 0.29) is 22.9 Å². The molecule has 0 fully saturated rings. The minimum absolute atomic E-state index is 0.0221. The van der Waals surface area contributed by atoms with Crippen molar-refractivity contribution in [3.05, 3.63) is 70.6 Å². The van der Waals surface area contributed by atoms with E-state index >= 15 is 0 Å². The first-order valence-electron chi connectivity index (χ1n) is 9.00. The van der Waals surface area contributed by atoms with E-state index in [2.05, 4.69) is 19.7 Å². The number of aromatic nitrogens is 3. The third-order valence-electron chi connectivity index (χ3n) is 4.53. The van der Waals surface area contributed by atoms with Gasteiger partial charge >= 0.3 is 0 Å². The second kappa shape index (κ2) is 7.89. The van der Waals surface area contributed by atoms with Crippen molar-refractivity contribution >= 4 is 32.6 Å². The number of aromatic amines is 1. The Hall–Kier alpha value is -4.06. The molecule has 0 bridgehead atoms. The summed E-state index contributed by atoms with van der Waals surface area (Å²) in [5.41, 5.74) is 6.36. The van der Waals surface area contributed by atoms with Crippen molar-refractivity contribution in [3.63, 3.8) is 0 Å². The Morgan fingerprint density at radius 1 is 1.09 bits per heavy atom. The van der Waals surface area contributed by atoms with Crippen LogP contribution in [-0.2, 0) is 10.0 Å². The molecule has 0 amide bonds. The van der Waals surface area contributed by atoms with E-state index in [1.165, 1.54) is 19.4 Å². The zero-order valence-corrected chi connectivity index (χ0v) is 17.2. The van der Waals surface area contributed by atoms with Gasteiger partial charge in [-0.25, -0.2) is 27.2 Å². The van der Waals surface area contributed by atoms with Crippen molar-refractivity contribution in [1.82, 2.24) is 15.0 Å². The number of methoxy groups -OCH3 is 1. The number of nitrogens with zero attached hydrogens (tertiary/aromatic N) is 2. The summed E-state index contributed by atoms with van der Waals surface area (Å²) in [5.74, 6) is -2.26. The number of anilines is 2. The predicted octanol–water partition coefficient (Wildman–Crippen LogP) is 2.65. The van der Waals surface area contributed by atoms with Crippen LogP contribution in [0.25, 0.3) is 22.0 Å². The molecule has 12 heteroatoms. The highest BCUT2D eigenvalue weighted by Crippen LogP contribution is 2.31. The maximum absolute atomic E-state index is 14.0. The first-order valence-corrected chi connectivity index (χ1v) is 10.5. The number of H-pyrrole nitrogens is 1. The smallest absolute Gasteiger partial charge is 0.264 e. The van der Waals surface area contributed by atoms with Crippen LogP contribution >= 0.6 is 0 Å². The summed E-state index contributed by atoms with van der Waals surface area (Å²) in [6.07, 6.45) is 1.41. The number of pyridine rings is 1. The highest BCUT2D eigenvalue weighted by molar-refractivity contribution is 7.92. The highest BCUT2D eigenvalue weighted by Gasteiger charge is 2.22. The molecule has 0 aliphatic heterocycles. The van der Waals surface area contributed by atoms with Gasteiger partial charge in [0, 0.05) is 17.8 Å². The van der Waals surface area contributed by atoms with Gasteiger partial charge in [0.05, 0.1) is 18.0 Å². The lowest BCUT2D eigenvalue weighted by atomic mass is 10.1. The van der Waals surface area contributed by atoms with E-state index in [1.54, 1.807) is 18.2 Å². The summed E-state index contributed by atoms with van der Waals surface area (Å²) in [5, 5.41) is 0.267. The van der Waals surface area contributed by atoms with Gasteiger partial charge < -0.3 is 10.5 Å². The normalized spacial score (nSPS) is 11.5. The quantitative estimate of drug-likeness (QED) is 0.417. The topological polar surface area (TPSA) is 140 Å². The van der Waals surface area contributed by atoms with Crippen LogP contribution in [0.15, 0.2) is 58.4 Å². The van der Waals surface area contributed by atoms with Crippen molar-refractivity contribution in [3.8, 4) is 17.0 Å². The molecule has 164 valence electrons. The molecular formula is C20H15F2N5O4S. The third kappa shape index (κ3) is 3.95. The number of nitrogen functional groups attached to an aromatic ring is 1. The molecule has 4 N–H and O–H groups in total. The Morgan fingerprint density at radius 2 is 1.88 bits per heavy atom. The van der Waals surface area contributed by atoms with E-state index < -0.39 is 32.1 Å². The summed E-state index contributed by atoms with van der Waals surface area (Å²) >= 11 is 0. The first kappa shape index (κ1) is 21.2. The van der Waals surface area contributed by atoms with E-state index in [4.69, 9.17) is 10.5 Å². The fourth-order valence-corrected chi connectivity index (χ4v) is 4.18. The van der Waals surface area contributed by atoms with Gasteiger partial charge in [-0.3, -0.25) is 14.5 Å². The molecule has 0 atom stereocenters. The van der Waals surface area contributed by atoms with Gasteiger partial charge in [0.2, 0.25) is 11.8 Å². The molecule has 0 spiro atoms. The molecule has 0 unspecified atom stereocenters. The standard InChI is InChI=1S/C20H15F2N5O4S/c1-31-19-16(27-32(29,30)17-5-3-12(21)8-14(17)22)7-11(9-24-19)10-2-4-15-13(6-10)18(28)26-20(23)25-15/h2-9,27H,1H3,(H3,23,25,26,28). The monoisotopic (exact) mass is 459 g/mol. The summed E-state index contributed by atoms with van der Waals surface area (Å²) in [7, 11) is -3.15. The summed E-state index contributed by atoms with van der Waals surface area (Å²) < 4.78 is 59.9. The van der Waals surface area contributed by atoms with Gasteiger partial charge in [-0.1, -0.05) is 6.07 Å². The number of fused-ring (bicyclic) bond motifs is 1. The SMILES string of the molecule is COc1ncc(-c2ccc3nc(N)[nH]c(=O)c3c2)cc1NS(=O)(=O)c1ccc(F)cc1F. The molecule has 0 radical (unpaired) electrons. The minimum atomic E-state index is -4.43. The molecule has 32 heavy (non-hydrogen) atoms. The van der Waals surface area contributed by atoms with Gasteiger partial charge in [-0.15, -0.1) is 0 Å². The molecule has 0 aliphatic rings. The summed E-state index contributed by atoms with van der Waals surface area (Å²) in [4.78, 5) is 22.0. The van der Waals surface area contributed by atoms with Gasteiger partial charge in [0.15, 0.2) is 0 Å². The number of sulfonamides is 1. The molecule has 9 nitrogen and oxygen atoms in total. The van der Waals surface area contributed by atoms with E-state index in [0.29, 0.717) is 22.7 Å². The van der Waals surface area contributed by atoms with Crippen LogP contribution in [-0.4, -0.2) is 30.5 Å². The van der Waals surface area contributed by atoms with Gasteiger partial charge in [-0.2, -0.15) is 0 Å². The van der Waals surface area contributed by atoms with Crippen LogP contribution in [0, 0.1) is 11.6 Å². The maximum Gasteiger partial charge on any atom is 0.264 e. The van der Waals surface area contributed by atoms with E-state index in [0.717, 1.165) is 12.1 Å². The average Bonchev–Trinajstić information content (AvgIpc) is 2.73. The largest absolute Gasteiger partial charge is 0.480 e. The van der Waals surface area contributed by atoms with Crippen molar-refractivity contribution in [2.45, 2.75) is 4.90 Å². The maximum atomic E-state index is 14.0. The summed E-state index contributed by atoms with van der Waals surface area (Å²) in [6, 6.07) is 8.29. The zero-order chi connectivity index (χ0) is 23.0. The Bertz CT molecular complexity index is 1520. The zero-order valence-electron chi connectivity index (χ0n) is 16.4. The second-order valence-electron chi connectivity index (χ2n) is 6.64. The number of rotatable bonds is 5. The van der Waals surface area contributed by atoms with E-state index in [1.807, 2.05) is 0 Å². The number of nitrogens with two attached hydrogens (primary N) is 1. The third-order valence-corrected chi connectivity index (χ3v) is 5.93. The predicted molar refractivity (Wildman–Crippen MR) is 114 cm³/mol. The minimum Gasteiger partial charge on any atom is -0.480 e. The number of hydrogen-bond acceptors (Lipinski definition) is 7. The van der Waals surface area contributed by atoms with Crippen molar-refractivity contribution in [2.75, 3.05) is 17.6 Å². The molecule has 2 aromatic carbocycles. The van der Waals surface area contributed by atoms with Crippen molar-refractivity contribution < 1.29 is 21.9 Å². The number of hydrogen-bond donors (Lipinski definition) is 3. The molecule has 4 rings (SSSR count). The van der Waals surface area contributed by atoms with Crippen LogP contribution in [0.4, 0.5) is 20.4 Å². The fraction of sp³-hybridized carbons (Fsp3) is 0.0500. The Balaban J connectivity index is 1.78.